The van der Waals surface area contributed by atoms with Crippen LogP contribution >= 0.6 is 0 Å². The molecule has 0 aliphatic carbocycles. The molecule has 1 unspecified atom stereocenters. The Morgan fingerprint density at radius 1 is 1.13 bits per heavy atom. The number of guanidine groups is 1. The number of rotatable bonds is 8. The van der Waals surface area contributed by atoms with Gasteiger partial charge in [-0.2, -0.15) is 4.31 Å². The summed E-state index contributed by atoms with van der Waals surface area (Å²) in [5, 5.41) is 6.51. The highest BCUT2D eigenvalue weighted by Gasteiger charge is 2.26. The van der Waals surface area contributed by atoms with Crippen LogP contribution in [0.2, 0.25) is 0 Å². The predicted octanol–water partition coefficient (Wildman–Crippen LogP) is 2.91. The largest absolute Gasteiger partial charge is 0.489 e. The lowest BCUT2D eigenvalue weighted by Crippen LogP contribution is -2.41. The number of aryl methyl sites for hydroxylation is 1. The number of benzene rings is 2. The summed E-state index contributed by atoms with van der Waals surface area (Å²) in [5.41, 5.74) is 2.14. The highest BCUT2D eigenvalue weighted by molar-refractivity contribution is 7.89. The third kappa shape index (κ3) is 6.45. The Kier molecular flexibility index (Phi) is 7.92. The lowest BCUT2D eigenvalue weighted by atomic mass is 10.2. The number of hydrogen-bond donors (Lipinski definition) is 2. The van der Waals surface area contributed by atoms with Crippen molar-refractivity contribution in [2.24, 2.45) is 4.99 Å². The van der Waals surface area contributed by atoms with Gasteiger partial charge in [0.05, 0.1) is 11.4 Å². The second-order valence-corrected chi connectivity index (χ2v) is 9.74. The molecule has 0 saturated carbocycles. The minimum atomic E-state index is -3.38. The molecule has 1 fully saturated rings. The SMILES string of the molecule is CN=C(NCc1ccc(S(=O)(=O)N2CCCC2)cc1)NCC(C)Oc1cccc(C)c1. The van der Waals surface area contributed by atoms with Crippen LogP contribution in [-0.2, 0) is 16.6 Å². The molecule has 0 spiro atoms. The van der Waals surface area contributed by atoms with Crippen molar-refractivity contribution in [2.75, 3.05) is 26.7 Å². The van der Waals surface area contributed by atoms with E-state index in [4.69, 9.17) is 4.74 Å². The monoisotopic (exact) mass is 444 g/mol. The molecule has 7 nitrogen and oxygen atoms in total. The predicted molar refractivity (Wildman–Crippen MR) is 124 cm³/mol. The maximum Gasteiger partial charge on any atom is 0.243 e. The van der Waals surface area contributed by atoms with Crippen LogP contribution in [0, 0.1) is 6.92 Å². The molecule has 1 heterocycles. The summed E-state index contributed by atoms with van der Waals surface area (Å²) in [5.74, 6) is 1.51. The van der Waals surface area contributed by atoms with E-state index < -0.39 is 10.0 Å². The molecule has 2 aromatic rings. The van der Waals surface area contributed by atoms with E-state index in [0.29, 0.717) is 37.0 Å². The highest BCUT2D eigenvalue weighted by Crippen LogP contribution is 2.21. The third-order valence-electron chi connectivity index (χ3n) is 5.19. The van der Waals surface area contributed by atoms with E-state index in [1.54, 1.807) is 23.5 Å². The Bertz CT molecular complexity index is 984. The van der Waals surface area contributed by atoms with Crippen molar-refractivity contribution >= 4 is 16.0 Å². The van der Waals surface area contributed by atoms with Gasteiger partial charge in [-0.25, -0.2) is 8.42 Å². The average molecular weight is 445 g/mol. The zero-order chi connectivity index (χ0) is 22.3. The van der Waals surface area contributed by atoms with Crippen molar-refractivity contribution in [3.05, 3.63) is 59.7 Å². The van der Waals surface area contributed by atoms with Gasteiger partial charge in [0.25, 0.3) is 0 Å². The highest BCUT2D eigenvalue weighted by atomic mass is 32.2. The van der Waals surface area contributed by atoms with Gasteiger partial charge in [0.2, 0.25) is 10.0 Å². The molecule has 1 aliphatic rings. The van der Waals surface area contributed by atoms with Gasteiger partial charge in [-0.15, -0.1) is 0 Å². The van der Waals surface area contributed by atoms with E-state index >= 15 is 0 Å². The summed E-state index contributed by atoms with van der Waals surface area (Å²) in [7, 11) is -1.66. The van der Waals surface area contributed by atoms with Gasteiger partial charge in [-0.05, 0) is 62.1 Å². The van der Waals surface area contributed by atoms with Crippen LogP contribution in [0.15, 0.2) is 58.4 Å². The molecule has 8 heteroatoms. The van der Waals surface area contributed by atoms with Gasteiger partial charge in [0, 0.05) is 26.7 Å². The van der Waals surface area contributed by atoms with E-state index in [1.165, 1.54) is 0 Å². The number of nitrogens with one attached hydrogen (secondary N) is 2. The second kappa shape index (κ2) is 10.6. The van der Waals surface area contributed by atoms with Crippen LogP contribution in [0.5, 0.6) is 5.75 Å². The standard InChI is InChI=1S/C23H32N4O3S/c1-18-7-6-8-21(15-18)30-19(2)16-25-23(24-3)26-17-20-9-11-22(12-10-20)31(28,29)27-13-4-5-14-27/h6-12,15,19H,4-5,13-14,16-17H2,1-3H3,(H2,24,25,26). The normalized spacial score (nSPS) is 16.2. The van der Waals surface area contributed by atoms with Crippen LogP contribution in [-0.4, -0.2) is 51.5 Å². The zero-order valence-corrected chi connectivity index (χ0v) is 19.3. The Morgan fingerprint density at radius 2 is 1.84 bits per heavy atom. The number of aliphatic imine (C=N–C) groups is 1. The molecule has 1 aliphatic heterocycles. The molecule has 2 N–H and O–H groups in total. The number of ether oxygens (including phenoxy) is 1. The first kappa shape index (κ1) is 23.1. The Hall–Kier alpha value is -2.58. The van der Waals surface area contributed by atoms with Gasteiger partial charge < -0.3 is 15.4 Å². The summed E-state index contributed by atoms with van der Waals surface area (Å²) in [6.45, 7) is 6.40. The Balaban J connectivity index is 1.48. The first-order valence-electron chi connectivity index (χ1n) is 10.7. The zero-order valence-electron chi connectivity index (χ0n) is 18.5. The topological polar surface area (TPSA) is 83.0 Å². The van der Waals surface area contributed by atoms with Crippen LogP contribution in [0.25, 0.3) is 0 Å². The summed E-state index contributed by atoms with van der Waals surface area (Å²) >= 11 is 0. The second-order valence-electron chi connectivity index (χ2n) is 7.81. The third-order valence-corrected chi connectivity index (χ3v) is 7.11. The van der Waals surface area contributed by atoms with Gasteiger partial charge >= 0.3 is 0 Å². The van der Waals surface area contributed by atoms with Crippen molar-refractivity contribution < 1.29 is 13.2 Å². The number of nitrogens with zero attached hydrogens (tertiary/aromatic N) is 2. The molecule has 2 aromatic carbocycles. The molecule has 168 valence electrons. The molecule has 1 saturated heterocycles. The first-order chi connectivity index (χ1) is 14.9. The van der Waals surface area contributed by atoms with Gasteiger partial charge in [0.15, 0.2) is 5.96 Å². The quantitative estimate of drug-likeness (QED) is 0.483. The van der Waals surface area contributed by atoms with E-state index in [1.807, 2.05) is 50.2 Å². The molecule has 1 atom stereocenters. The summed E-state index contributed by atoms with van der Waals surface area (Å²) < 4.78 is 32.7. The summed E-state index contributed by atoms with van der Waals surface area (Å²) in [4.78, 5) is 4.59. The van der Waals surface area contributed by atoms with Crippen molar-refractivity contribution in [2.45, 2.75) is 44.2 Å². The Morgan fingerprint density at radius 3 is 2.48 bits per heavy atom. The molecule has 0 aromatic heterocycles. The fourth-order valence-electron chi connectivity index (χ4n) is 3.47. The minimum absolute atomic E-state index is 0.0320. The maximum absolute atomic E-state index is 12.6. The van der Waals surface area contributed by atoms with Crippen molar-refractivity contribution in [3.63, 3.8) is 0 Å². The number of hydrogen-bond acceptors (Lipinski definition) is 4. The number of sulfonamides is 1. The maximum atomic E-state index is 12.6. The van der Waals surface area contributed by atoms with E-state index in [-0.39, 0.29) is 6.10 Å². The lowest BCUT2D eigenvalue weighted by Gasteiger charge is -2.18. The summed E-state index contributed by atoms with van der Waals surface area (Å²) in [6.07, 6.45) is 1.83. The lowest BCUT2D eigenvalue weighted by molar-refractivity contribution is 0.223. The van der Waals surface area contributed by atoms with Gasteiger partial charge in [0.1, 0.15) is 11.9 Å². The molecule has 0 radical (unpaired) electrons. The van der Waals surface area contributed by atoms with Crippen LogP contribution < -0.4 is 15.4 Å². The molecular formula is C23H32N4O3S. The fourth-order valence-corrected chi connectivity index (χ4v) is 4.98. The Labute approximate surface area is 185 Å². The van der Waals surface area contributed by atoms with Crippen LogP contribution in [0.3, 0.4) is 0 Å². The van der Waals surface area contributed by atoms with Crippen molar-refractivity contribution in [1.82, 2.24) is 14.9 Å². The molecule has 31 heavy (non-hydrogen) atoms. The average Bonchev–Trinajstić information content (AvgIpc) is 3.30. The molecule has 0 bridgehead atoms. The van der Waals surface area contributed by atoms with Crippen molar-refractivity contribution in [1.29, 1.82) is 0 Å². The van der Waals surface area contributed by atoms with Crippen LogP contribution in [0.1, 0.15) is 30.9 Å². The van der Waals surface area contributed by atoms with E-state index in [9.17, 15) is 8.42 Å². The van der Waals surface area contributed by atoms with Crippen LogP contribution in [0.4, 0.5) is 0 Å². The molecular weight excluding hydrogens is 412 g/mol. The minimum Gasteiger partial charge on any atom is -0.489 e. The fraction of sp³-hybridized carbons (Fsp3) is 0.435. The smallest absolute Gasteiger partial charge is 0.243 e. The van der Waals surface area contributed by atoms with E-state index in [2.05, 4.69) is 15.6 Å². The van der Waals surface area contributed by atoms with Crippen molar-refractivity contribution in [3.8, 4) is 5.75 Å². The first-order valence-corrected chi connectivity index (χ1v) is 12.1. The molecule has 0 amide bonds. The van der Waals surface area contributed by atoms with Gasteiger partial charge in [-0.1, -0.05) is 24.3 Å². The summed E-state index contributed by atoms with van der Waals surface area (Å²) in [6, 6.07) is 15.0. The van der Waals surface area contributed by atoms with Gasteiger partial charge in [-0.3, -0.25) is 4.99 Å². The molecule has 3 rings (SSSR count). The van der Waals surface area contributed by atoms with E-state index in [0.717, 1.165) is 29.7 Å².